The Balaban J connectivity index is 1.58. The van der Waals surface area contributed by atoms with Crippen molar-refractivity contribution in [3.63, 3.8) is 0 Å². The molecule has 0 spiro atoms. The van der Waals surface area contributed by atoms with Gasteiger partial charge in [0.1, 0.15) is 18.2 Å². The molecule has 16 heavy (non-hydrogen) atoms. The van der Waals surface area contributed by atoms with E-state index in [0.717, 1.165) is 18.2 Å². The van der Waals surface area contributed by atoms with Crippen LogP contribution in [0.1, 0.15) is 19.3 Å². The largest absolute Gasteiger partial charge is 0.492 e. The highest BCUT2D eigenvalue weighted by atomic mass is 19.1. The number of benzene rings is 1. The topological polar surface area (TPSA) is 21.3 Å². The third-order valence-corrected chi connectivity index (χ3v) is 3.74. The Labute approximate surface area is 94.8 Å². The number of rotatable bonds is 3. The summed E-state index contributed by atoms with van der Waals surface area (Å²) in [5, 5.41) is 3.54. The van der Waals surface area contributed by atoms with Crippen molar-refractivity contribution >= 4 is 0 Å². The third-order valence-electron chi connectivity index (χ3n) is 3.74. The molecule has 2 heterocycles. The van der Waals surface area contributed by atoms with Crippen molar-refractivity contribution in [1.82, 2.24) is 5.32 Å². The first-order valence-corrected chi connectivity index (χ1v) is 5.89. The Morgan fingerprint density at radius 2 is 2.06 bits per heavy atom. The molecule has 1 aliphatic carbocycles. The van der Waals surface area contributed by atoms with Gasteiger partial charge in [-0.15, -0.1) is 0 Å². The van der Waals surface area contributed by atoms with E-state index in [1.54, 1.807) is 12.1 Å². The predicted molar refractivity (Wildman–Crippen MR) is 60.0 cm³/mol. The lowest BCUT2D eigenvalue weighted by molar-refractivity contribution is 0.0124. The van der Waals surface area contributed by atoms with Crippen LogP contribution in [-0.2, 0) is 0 Å². The first-order valence-electron chi connectivity index (χ1n) is 5.89. The van der Waals surface area contributed by atoms with E-state index in [-0.39, 0.29) is 11.4 Å². The number of piperidine rings is 2. The summed E-state index contributed by atoms with van der Waals surface area (Å²) in [5.41, 5.74) is 0.206. The lowest BCUT2D eigenvalue weighted by atomic mass is 9.64. The second kappa shape index (κ2) is 3.74. The Morgan fingerprint density at radius 3 is 2.69 bits per heavy atom. The summed E-state index contributed by atoms with van der Waals surface area (Å²) in [5.74, 6) is 1.44. The fourth-order valence-corrected chi connectivity index (χ4v) is 2.86. The van der Waals surface area contributed by atoms with Crippen LogP contribution in [0.5, 0.6) is 5.75 Å². The fraction of sp³-hybridized carbons (Fsp3) is 0.538. The number of nitrogens with one attached hydrogen (secondary N) is 1. The first-order chi connectivity index (χ1) is 7.76. The molecule has 1 saturated carbocycles. The summed E-state index contributed by atoms with van der Waals surface area (Å²) in [4.78, 5) is 0. The number of fused-ring (bicyclic) bond motifs is 2. The standard InChI is InChI=1S/C13H16FNO/c14-11-1-3-12(4-2-11)16-9-13-7-10(8-13)5-6-15-13/h1-4,10,15H,5-9H2. The molecule has 1 aromatic carbocycles. The summed E-state index contributed by atoms with van der Waals surface area (Å²) < 4.78 is 18.4. The molecule has 2 bridgehead atoms. The van der Waals surface area contributed by atoms with Crippen LogP contribution < -0.4 is 10.1 Å². The molecule has 0 aromatic heterocycles. The Morgan fingerprint density at radius 1 is 1.31 bits per heavy atom. The van der Waals surface area contributed by atoms with E-state index in [1.807, 2.05) is 0 Å². The molecule has 1 N–H and O–H groups in total. The monoisotopic (exact) mass is 221 g/mol. The van der Waals surface area contributed by atoms with Crippen LogP contribution >= 0.6 is 0 Å². The minimum absolute atomic E-state index is 0.206. The van der Waals surface area contributed by atoms with E-state index in [1.165, 1.54) is 31.4 Å². The summed E-state index contributed by atoms with van der Waals surface area (Å²) in [6.07, 6.45) is 3.76. The highest BCUT2D eigenvalue weighted by molar-refractivity contribution is 5.22. The van der Waals surface area contributed by atoms with E-state index in [4.69, 9.17) is 4.74 Å². The van der Waals surface area contributed by atoms with Gasteiger partial charge in [0, 0.05) is 0 Å². The van der Waals surface area contributed by atoms with Crippen molar-refractivity contribution in [1.29, 1.82) is 0 Å². The quantitative estimate of drug-likeness (QED) is 0.846. The molecule has 1 aromatic rings. The third kappa shape index (κ3) is 1.80. The highest BCUT2D eigenvalue weighted by Crippen LogP contribution is 2.43. The van der Waals surface area contributed by atoms with Crippen LogP contribution in [0.25, 0.3) is 0 Å². The molecule has 3 fully saturated rings. The molecule has 3 aliphatic rings. The zero-order valence-electron chi connectivity index (χ0n) is 9.21. The lowest BCUT2D eigenvalue weighted by Crippen LogP contribution is -2.63. The minimum Gasteiger partial charge on any atom is -0.492 e. The van der Waals surface area contributed by atoms with Crippen molar-refractivity contribution in [2.24, 2.45) is 5.92 Å². The number of hydrogen-bond acceptors (Lipinski definition) is 2. The lowest BCUT2D eigenvalue weighted by Gasteiger charge is -2.52. The van der Waals surface area contributed by atoms with E-state index in [9.17, 15) is 4.39 Å². The normalized spacial score (nSPS) is 31.9. The molecule has 0 amide bonds. The molecule has 86 valence electrons. The fourth-order valence-electron chi connectivity index (χ4n) is 2.86. The number of hydrogen-bond donors (Lipinski definition) is 1. The van der Waals surface area contributed by atoms with Crippen LogP contribution in [0.4, 0.5) is 4.39 Å². The summed E-state index contributed by atoms with van der Waals surface area (Å²) in [6, 6.07) is 6.24. The second-order valence-corrected chi connectivity index (χ2v) is 5.01. The van der Waals surface area contributed by atoms with Crippen molar-refractivity contribution in [3.05, 3.63) is 30.1 Å². The average molecular weight is 221 g/mol. The molecule has 2 saturated heterocycles. The van der Waals surface area contributed by atoms with Crippen LogP contribution in [0.3, 0.4) is 0 Å². The van der Waals surface area contributed by atoms with E-state index < -0.39 is 0 Å². The van der Waals surface area contributed by atoms with Crippen molar-refractivity contribution in [2.75, 3.05) is 13.2 Å². The van der Waals surface area contributed by atoms with Gasteiger partial charge in [0.05, 0.1) is 5.54 Å². The maximum absolute atomic E-state index is 12.7. The van der Waals surface area contributed by atoms with Gasteiger partial charge in [-0.2, -0.15) is 0 Å². The van der Waals surface area contributed by atoms with Crippen molar-refractivity contribution in [2.45, 2.75) is 24.8 Å². The second-order valence-electron chi connectivity index (χ2n) is 5.01. The molecule has 2 aliphatic heterocycles. The summed E-state index contributed by atoms with van der Waals surface area (Å²) in [7, 11) is 0. The molecule has 3 heteroatoms. The van der Waals surface area contributed by atoms with Crippen molar-refractivity contribution in [3.8, 4) is 5.75 Å². The zero-order valence-corrected chi connectivity index (χ0v) is 9.21. The molecule has 0 atom stereocenters. The number of halogens is 1. The van der Waals surface area contributed by atoms with Gasteiger partial charge in [-0.05, 0) is 56.0 Å². The molecular weight excluding hydrogens is 205 g/mol. The Hall–Kier alpha value is -1.09. The van der Waals surface area contributed by atoms with E-state index >= 15 is 0 Å². The Kier molecular flexibility index (Phi) is 2.36. The SMILES string of the molecule is Fc1ccc(OCC23CC(CCN2)C3)cc1. The minimum atomic E-state index is -0.218. The van der Waals surface area contributed by atoms with Crippen molar-refractivity contribution < 1.29 is 9.13 Å². The summed E-state index contributed by atoms with van der Waals surface area (Å²) in [6.45, 7) is 1.81. The number of ether oxygens (including phenoxy) is 1. The van der Waals surface area contributed by atoms with Crippen LogP contribution in [0.2, 0.25) is 0 Å². The summed E-state index contributed by atoms with van der Waals surface area (Å²) >= 11 is 0. The molecule has 2 nitrogen and oxygen atoms in total. The smallest absolute Gasteiger partial charge is 0.123 e. The maximum Gasteiger partial charge on any atom is 0.123 e. The van der Waals surface area contributed by atoms with Gasteiger partial charge in [-0.1, -0.05) is 0 Å². The van der Waals surface area contributed by atoms with Gasteiger partial charge < -0.3 is 10.1 Å². The molecule has 0 radical (unpaired) electrons. The zero-order chi connectivity index (χ0) is 11.0. The van der Waals surface area contributed by atoms with E-state index in [2.05, 4.69) is 5.32 Å². The van der Waals surface area contributed by atoms with Crippen LogP contribution in [-0.4, -0.2) is 18.7 Å². The first kappa shape index (κ1) is 10.1. The van der Waals surface area contributed by atoms with E-state index in [0.29, 0.717) is 6.61 Å². The molecule has 0 unspecified atom stereocenters. The highest BCUT2D eigenvalue weighted by Gasteiger charge is 2.47. The maximum atomic E-state index is 12.7. The average Bonchev–Trinajstić information content (AvgIpc) is 2.28. The van der Waals surface area contributed by atoms with Gasteiger partial charge in [-0.3, -0.25) is 0 Å². The molecular formula is C13H16FNO. The van der Waals surface area contributed by atoms with Gasteiger partial charge in [0.15, 0.2) is 0 Å². The van der Waals surface area contributed by atoms with Gasteiger partial charge in [0.2, 0.25) is 0 Å². The van der Waals surface area contributed by atoms with Crippen LogP contribution in [0, 0.1) is 11.7 Å². The predicted octanol–water partition coefficient (Wildman–Crippen LogP) is 2.35. The Bertz CT molecular complexity index is 365. The van der Waals surface area contributed by atoms with Gasteiger partial charge >= 0.3 is 0 Å². The van der Waals surface area contributed by atoms with Gasteiger partial charge in [-0.25, -0.2) is 4.39 Å². The van der Waals surface area contributed by atoms with Gasteiger partial charge in [0.25, 0.3) is 0 Å². The molecule has 4 rings (SSSR count). The van der Waals surface area contributed by atoms with Crippen LogP contribution in [0.15, 0.2) is 24.3 Å².